The Hall–Kier alpha value is -3.27. The maximum absolute atomic E-state index is 8.96. The average molecular weight is 406 g/mol. The minimum absolute atomic E-state index is 0.284. The molecule has 0 aliphatic heterocycles. The summed E-state index contributed by atoms with van der Waals surface area (Å²) in [5.74, 6) is 0. The summed E-state index contributed by atoms with van der Waals surface area (Å²) in [5, 5.41) is 17.5. The van der Waals surface area contributed by atoms with E-state index in [2.05, 4.69) is 26.3 Å². The molecule has 1 aliphatic carbocycles. The van der Waals surface area contributed by atoms with E-state index in [9.17, 15) is 0 Å². The molecule has 0 N–H and O–H groups in total. The highest BCUT2D eigenvalue weighted by Gasteiger charge is 2.22. The van der Waals surface area contributed by atoms with Gasteiger partial charge >= 0.3 is 0 Å². The van der Waals surface area contributed by atoms with Gasteiger partial charge in [-0.15, -0.1) is 0 Å². The minimum atomic E-state index is -0.284. The average Bonchev–Trinajstić information content (AvgIpc) is 2.73. The van der Waals surface area contributed by atoms with Gasteiger partial charge in [-0.3, -0.25) is 4.98 Å². The van der Waals surface area contributed by atoms with Crippen LogP contribution < -0.4 is 0 Å². The SMILES string of the molecule is CC(=NOCC(C)(C)CON=C1CCCc2ccc(C)nc21)c1cccc(C#N)n1. The Morgan fingerprint density at radius 1 is 1.13 bits per heavy atom. The molecular weight excluding hydrogens is 378 g/mol. The molecule has 0 aromatic carbocycles. The van der Waals surface area contributed by atoms with Crippen molar-refractivity contribution in [1.82, 2.24) is 9.97 Å². The van der Waals surface area contributed by atoms with E-state index >= 15 is 0 Å². The molecule has 156 valence electrons. The van der Waals surface area contributed by atoms with Crippen molar-refractivity contribution in [2.24, 2.45) is 15.7 Å². The van der Waals surface area contributed by atoms with Gasteiger partial charge in [-0.25, -0.2) is 4.98 Å². The van der Waals surface area contributed by atoms with Crippen LogP contribution in [-0.4, -0.2) is 34.6 Å². The fraction of sp³-hybridized carbons (Fsp3) is 0.435. The molecule has 7 heteroatoms. The van der Waals surface area contributed by atoms with Crippen LogP contribution >= 0.6 is 0 Å². The number of nitrogens with zero attached hydrogens (tertiary/aromatic N) is 5. The Morgan fingerprint density at radius 3 is 2.73 bits per heavy atom. The van der Waals surface area contributed by atoms with Gasteiger partial charge in [-0.2, -0.15) is 5.26 Å². The second-order valence-electron chi connectivity index (χ2n) is 8.26. The third kappa shape index (κ3) is 5.63. The number of hydrogen-bond acceptors (Lipinski definition) is 7. The highest BCUT2D eigenvalue weighted by Crippen LogP contribution is 2.22. The van der Waals surface area contributed by atoms with E-state index in [0.29, 0.717) is 30.3 Å². The summed E-state index contributed by atoms with van der Waals surface area (Å²) >= 11 is 0. The molecule has 0 amide bonds. The molecule has 7 nitrogen and oxygen atoms in total. The number of pyridine rings is 2. The van der Waals surface area contributed by atoms with Gasteiger partial charge in [0, 0.05) is 11.1 Å². The Kier molecular flexibility index (Phi) is 6.78. The Balaban J connectivity index is 1.55. The Morgan fingerprint density at radius 2 is 1.93 bits per heavy atom. The van der Waals surface area contributed by atoms with Gasteiger partial charge in [0.15, 0.2) is 0 Å². The number of nitriles is 1. The number of rotatable bonds is 7. The lowest BCUT2D eigenvalue weighted by atomic mass is 9.94. The first-order chi connectivity index (χ1) is 14.4. The molecule has 0 radical (unpaired) electrons. The van der Waals surface area contributed by atoms with Gasteiger partial charge < -0.3 is 9.68 Å². The number of aromatic nitrogens is 2. The van der Waals surface area contributed by atoms with E-state index in [-0.39, 0.29) is 5.41 Å². The molecule has 0 fully saturated rings. The Labute approximate surface area is 177 Å². The maximum atomic E-state index is 8.96. The number of hydrogen-bond donors (Lipinski definition) is 0. The van der Waals surface area contributed by atoms with Crippen molar-refractivity contribution in [3.05, 3.63) is 58.7 Å². The summed E-state index contributed by atoms with van der Waals surface area (Å²) in [4.78, 5) is 20.1. The van der Waals surface area contributed by atoms with Crippen LogP contribution in [0, 0.1) is 23.7 Å². The predicted octanol–water partition coefficient (Wildman–Crippen LogP) is 4.18. The zero-order valence-corrected chi connectivity index (χ0v) is 18.0. The highest BCUT2D eigenvalue weighted by atomic mass is 16.6. The topological polar surface area (TPSA) is 92.8 Å². The van der Waals surface area contributed by atoms with Gasteiger partial charge in [0.05, 0.1) is 11.4 Å². The largest absolute Gasteiger partial charge is 0.395 e. The van der Waals surface area contributed by atoms with Crippen molar-refractivity contribution in [3.63, 3.8) is 0 Å². The van der Waals surface area contributed by atoms with E-state index in [1.165, 1.54) is 5.56 Å². The van der Waals surface area contributed by atoms with Crippen molar-refractivity contribution in [1.29, 1.82) is 5.26 Å². The normalized spacial score (nSPS) is 15.4. The lowest BCUT2D eigenvalue weighted by Crippen LogP contribution is -2.24. The van der Waals surface area contributed by atoms with Gasteiger partial charge in [0.1, 0.15) is 36.4 Å². The monoisotopic (exact) mass is 405 g/mol. The third-order valence-corrected chi connectivity index (χ3v) is 4.77. The quantitative estimate of drug-likeness (QED) is 0.509. The summed E-state index contributed by atoms with van der Waals surface area (Å²) in [6.07, 6.45) is 2.96. The molecule has 2 heterocycles. The number of aryl methyl sites for hydroxylation is 2. The van der Waals surface area contributed by atoms with Crippen LogP contribution in [0.15, 0.2) is 40.6 Å². The van der Waals surface area contributed by atoms with Gasteiger partial charge in [0.25, 0.3) is 0 Å². The summed E-state index contributed by atoms with van der Waals surface area (Å²) in [5.41, 5.74) is 5.39. The number of fused-ring (bicyclic) bond motifs is 1. The zero-order chi connectivity index (χ0) is 21.6. The molecular formula is C23H27N5O2. The molecule has 0 unspecified atom stereocenters. The first-order valence-electron chi connectivity index (χ1n) is 10.1. The molecule has 0 atom stereocenters. The van der Waals surface area contributed by atoms with Crippen molar-refractivity contribution < 1.29 is 9.68 Å². The van der Waals surface area contributed by atoms with Crippen LogP contribution in [0.1, 0.15) is 62.0 Å². The predicted molar refractivity (Wildman–Crippen MR) is 115 cm³/mol. The van der Waals surface area contributed by atoms with Crippen LogP contribution in [0.5, 0.6) is 0 Å². The number of oxime groups is 2. The first kappa shape index (κ1) is 21.4. The van der Waals surface area contributed by atoms with Crippen molar-refractivity contribution in [3.8, 4) is 6.07 Å². The molecule has 2 aromatic rings. The van der Waals surface area contributed by atoms with E-state index in [0.717, 1.165) is 36.4 Å². The molecule has 30 heavy (non-hydrogen) atoms. The molecule has 0 saturated carbocycles. The molecule has 2 aromatic heterocycles. The lowest BCUT2D eigenvalue weighted by Gasteiger charge is -2.22. The maximum Gasteiger partial charge on any atom is 0.141 e. The molecule has 0 saturated heterocycles. The summed E-state index contributed by atoms with van der Waals surface area (Å²) in [7, 11) is 0. The van der Waals surface area contributed by atoms with Crippen molar-refractivity contribution in [2.45, 2.75) is 47.0 Å². The molecule has 0 spiro atoms. The Bertz CT molecular complexity index is 1000. The standard InChI is InChI=1S/C23H27N5O2/c1-16-11-12-18-7-5-10-21(22(18)25-16)28-30-15-23(3,4)14-29-27-17(2)20-9-6-8-19(13-24)26-20/h6,8-9,11-12H,5,7,10,14-15H2,1-4H3. The van der Waals surface area contributed by atoms with E-state index < -0.39 is 0 Å². The smallest absolute Gasteiger partial charge is 0.141 e. The molecule has 1 aliphatic rings. The third-order valence-electron chi connectivity index (χ3n) is 4.77. The van der Waals surface area contributed by atoms with Gasteiger partial charge in [-0.1, -0.05) is 36.3 Å². The van der Waals surface area contributed by atoms with E-state index in [4.69, 9.17) is 14.9 Å². The highest BCUT2D eigenvalue weighted by molar-refractivity contribution is 6.00. The van der Waals surface area contributed by atoms with Gasteiger partial charge in [0.2, 0.25) is 0 Å². The fourth-order valence-corrected chi connectivity index (χ4v) is 3.07. The van der Waals surface area contributed by atoms with Gasteiger partial charge in [-0.05, 0) is 56.9 Å². The van der Waals surface area contributed by atoms with E-state index in [1.807, 2.05) is 32.9 Å². The molecule has 3 rings (SSSR count). The van der Waals surface area contributed by atoms with Crippen LogP contribution in [0.4, 0.5) is 0 Å². The van der Waals surface area contributed by atoms with Crippen molar-refractivity contribution in [2.75, 3.05) is 13.2 Å². The van der Waals surface area contributed by atoms with Crippen LogP contribution in [0.3, 0.4) is 0 Å². The summed E-state index contributed by atoms with van der Waals surface area (Å²) in [6, 6.07) is 11.4. The van der Waals surface area contributed by atoms with Crippen molar-refractivity contribution >= 4 is 11.4 Å². The summed E-state index contributed by atoms with van der Waals surface area (Å²) in [6.45, 7) is 8.61. The molecule has 0 bridgehead atoms. The van der Waals surface area contributed by atoms with Crippen LogP contribution in [-0.2, 0) is 16.1 Å². The van der Waals surface area contributed by atoms with Crippen LogP contribution in [0.2, 0.25) is 0 Å². The zero-order valence-electron chi connectivity index (χ0n) is 18.0. The fourth-order valence-electron chi connectivity index (χ4n) is 3.07. The van der Waals surface area contributed by atoms with Crippen LogP contribution in [0.25, 0.3) is 0 Å². The second kappa shape index (κ2) is 9.49. The second-order valence-corrected chi connectivity index (χ2v) is 8.26. The minimum Gasteiger partial charge on any atom is -0.395 e. The van der Waals surface area contributed by atoms with E-state index in [1.54, 1.807) is 25.1 Å². The first-order valence-corrected chi connectivity index (χ1v) is 10.1. The summed E-state index contributed by atoms with van der Waals surface area (Å²) < 4.78 is 0. The lowest BCUT2D eigenvalue weighted by molar-refractivity contribution is -0.000158.